The van der Waals surface area contributed by atoms with Crippen molar-refractivity contribution in [2.24, 2.45) is 0 Å². The summed E-state index contributed by atoms with van der Waals surface area (Å²) in [5.41, 5.74) is 2.20. The number of nitrogens with zero attached hydrogens (tertiary/aromatic N) is 3. The van der Waals surface area contributed by atoms with Crippen molar-refractivity contribution in [3.8, 4) is 0 Å². The molecule has 36 heavy (non-hydrogen) atoms. The minimum atomic E-state index is -0.373. The van der Waals surface area contributed by atoms with E-state index in [1.54, 1.807) is 4.90 Å². The summed E-state index contributed by atoms with van der Waals surface area (Å²) in [5, 5.41) is 0. The maximum Gasteiger partial charge on any atom is 0.262 e. The minimum Gasteiger partial charge on any atom is -0.341 e. The average Bonchev–Trinajstić information content (AvgIpc) is 3.66. The first-order valence-corrected chi connectivity index (χ1v) is 12.9. The first-order valence-electron chi connectivity index (χ1n) is 12.9. The molecule has 2 aromatic rings. The van der Waals surface area contributed by atoms with E-state index in [0.717, 1.165) is 32.4 Å². The summed E-state index contributed by atoms with van der Waals surface area (Å²) < 4.78 is 0. The number of imide groups is 1. The minimum absolute atomic E-state index is 0.0625. The first kappa shape index (κ1) is 24.0. The molecule has 0 radical (unpaired) electrons. The number of benzene rings is 2. The van der Waals surface area contributed by atoms with Crippen molar-refractivity contribution in [1.82, 2.24) is 14.7 Å². The molecule has 0 spiro atoms. The highest BCUT2D eigenvalue weighted by molar-refractivity contribution is 6.49. The second-order valence-corrected chi connectivity index (χ2v) is 9.63. The summed E-state index contributed by atoms with van der Waals surface area (Å²) in [6, 6.07) is 18.1. The topological polar surface area (TPSA) is 78.0 Å². The van der Waals surface area contributed by atoms with Gasteiger partial charge in [0.25, 0.3) is 11.8 Å². The van der Waals surface area contributed by atoms with Crippen molar-refractivity contribution >= 4 is 34.8 Å². The van der Waals surface area contributed by atoms with Crippen LogP contribution in [-0.2, 0) is 19.2 Å². The van der Waals surface area contributed by atoms with Gasteiger partial charge in [0.2, 0.25) is 11.8 Å². The second kappa shape index (κ2) is 10.5. The van der Waals surface area contributed by atoms with Gasteiger partial charge in [-0.15, -0.1) is 0 Å². The Bertz CT molecular complexity index is 1120. The van der Waals surface area contributed by atoms with E-state index in [2.05, 4.69) is 0 Å². The Hall–Kier alpha value is -3.74. The molecule has 0 saturated carbocycles. The van der Waals surface area contributed by atoms with Crippen molar-refractivity contribution in [3.63, 3.8) is 0 Å². The average molecular weight is 486 g/mol. The fraction of sp³-hybridized carbons (Fsp3) is 0.379. The standard InChI is InChI=1S/C29H31N3O4/c33-24(31-19-9-15-23(31)27(34)30-17-7-8-18-30)16-10-20-32-28(35)25(21-11-3-1-4-12-21)26(29(32)36)22-13-5-2-6-14-22/h1-6,11-14,23H,7-10,15-20H2/t23-/m0/s1. The Morgan fingerprint density at radius 1 is 0.750 bits per heavy atom. The highest BCUT2D eigenvalue weighted by atomic mass is 16.2. The van der Waals surface area contributed by atoms with Crippen LogP contribution in [0.3, 0.4) is 0 Å². The van der Waals surface area contributed by atoms with Gasteiger partial charge in [-0.2, -0.15) is 0 Å². The highest BCUT2D eigenvalue weighted by Gasteiger charge is 2.40. The lowest BCUT2D eigenvalue weighted by Crippen LogP contribution is -2.47. The zero-order valence-electron chi connectivity index (χ0n) is 20.4. The monoisotopic (exact) mass is 485 g/mol. The molecule has 186 valence electrons. The van der Waals surface area contributed by atoms with Gasteiger partial charge in [-0.3, -0.25) is 24.1 Å². The van der Waals surface area contributed by atoms with Crippen molar-refractivity contribution < 1.29 is 19.2 Å². The third-order valence-corrected chi connectivity index (χ3v) is 7.34. The molecule has 3 aliphatic heterocycles. The molecular weight excluding hydrogens is 454 g/mol. The van der Waals surface area contributed by atoms with E-state index >= 15 is 0 Å². The smallest absolute Gasteiger partial charge is 0.262 e. The molecule has 0 unspecified atom stereocenters. The van der Waals surface area contributed by atoms with Crippen molar-refractivity contribution in [2.75, 3.05) is 26.2 Å². The van der Waals surface area contributed by atoms with E-state index in [1.807, 2.05) is 65.6 Å². The summed E-state index contributed by atoms with van der Waals surface area (Å²) >= 11 is 0. The Morgan fingerprint density at radius 3 is 1.86 bits per heavy atom. The van der Waals surface area contributed by atoms with Gasteiger partial charge in [0.1, 0.15) is 6.04 Å². The lowest BCUT2D eigenvalue weighted by Gasteiger charge is -2.28. The molecule has 7 heteroatoms. The van der Waals surface area contributed by atoms with E-state index in [0.29, 0.717) is 41.7 Å². The Kier molecular flexibility index (Phi) is 6.98. The van der Waals surface area contributed by atoms with Crippen LogP contribution >= 0.6 is 0 Å². The van der Waals surface area contributed by atoms with Gasteiger partial charge in [0, 0.05) is 32.6 Å². The van der Waals surface area contributed by atoms with Crippen LogP contribution in [0.15, 0.2) is 60.7 Å². The van der Waals surface area contributed by atoms with E-state index in [4.69, 9.17) is 0 Å². The van der Waals surface area contributed by atoms with Crippen molar-refractivity contribution in [1.29, 1.82) is 0 Å². The van der Waals surface area contributed by atoms with Crippen LogP contribution in [0.5, 0.6) is 0 Å². The summed E-state index contributed by atoms with van der Waals surface area (Å²) in [5.74, 6) is -0.683. The Labute approximate surface area is 211 Å². The van der Waals surface area contributed by atoms with E-state index in [-0.39, 0.29) is 42.6 Å². The van der Waals surface area contributed by atoms with Gasteiger partial charge in [-0.05, 0) is 43.2 Å². The third kappa shape index (κ3) is 4.57. The SMILES string of the molecule is O=C([C@@H]1CCCN1C(=O)CCCN1C(=O)C(c2ccccc2)=C(c2ccccc2)C1=O)N1CCCC1. The van der Waals surface area contributed by atoms with Crippen molar-refractivity contribution in [2.45, 2.75) is 44.6 Å². The van der Waals surface area contributed by atoms with Crippen LogP contribution in [0.25, 0.3) is 11.1 Å². The number of amides is 4. The largest absolute Gasteiger partial charge is 0.341 e. The molecule has 2 fully saturated rings. The molecule has 1 atom stereocenters. The predicted octanol–water partition coefficient (Wildman–Crippen LogP) is 3.36. The Balaban J connectivity index is 1.26. The van der Waals surface area contributed by atoms with Gasteiger partial charge in [0.15, 0.2) is 0 Å². The molecule has 3 aliphatic rings. The molecule has 2 aromatic carbocycles. The van der Waals surface area contributed by atoms with Gasteiger partial charge in [-0.25, -0.2) is 0 Å². The maximum absolute atomic E-state index is 13.4. The molecule has 4 amide bonds. The molecule has 0 aromatic heterocycles. The summed E-state index contributed by atoms with van der Waals surface area (Å²) in [6.07, 6.45) is 4.13. The number of carbonyl (C=O) groups is 4. The first-order chi connectivity index (χ1) is 17.6. The van der Waals surface area contributed by atoms with Crippen LogP contribution in [0, 0.1) is 0 Å². The molecule has 2 saturated heterocycles. The summed E-state index contributed by atoms with van der Waals surface area (Å²) in [4.78, 5) is 57.6. The van der Waals surface area contributed by atoms with Gasteiger partial charge >= 0.3 is 0 Å². The fourth-order valence-corrected chi connectivity index (χ4v) is 5.53. The molecular formula is C29H31N3O4. The van der Waals surface area contributed by atoms with E-state index in [9.17, 15) is 19.2 Å². The number of hydrogen-bond donors (Lipinski definition) is 0. The zero-order valence-corrected chi connectivity index (χ0v) is 20.4. The van der Waals surface area contributed by atoms with Gasteiger partial charge in [0.05, 0.1) is 11.1 Å². The molecule has 0 N–H and O–H groups in total. The Morgan fingerprint density at radius 2 is 1.31 bits per heavy atom. The quantitative estimate of drug-likeness (QED) is 0.564. The van der Waals surface area contributed by atoms with Crippen molar-refractivity contribution in [3.05, 3.63) is 71.8 Å². The lowest BCUT2D eigenvalue weighted by molar-refractivity contribution is -0.143. The van der Waals surface area contributed by atoms with E-state index < -0.39 is 0 Å². The number of likely N-dealkylation sites (tertiary alicyclic amines) is 2. The van der Waals surface area contributed by atoms with Crippen LogP contribution in [0.1, 0.15) is 49.7 Å². The predicted molar refractivity (Wildman–Crippen MR) is 136 cm³/mol. The number of hydrogen-bond acceptors (Lipinski definition) is 4. The highest BCUT2D eigenvalue weighted by Crippen LogP contribution is 2.35. The normalized spacial score (nSPS) is 20.1. The summed E-state index contributed by atoms with van der Waals surface area (Å²) in [7, 11) is 0. The van der Waals surface area contributed by atoms with Crippen LogP contribution in [0.2, 0.25) is 0 Å². The zero-order chi connectivity index (χ0) is 25.1. The fourth-order valence-electron chi connectivity index (χ4n) is 5.53. The number of rotatable bonds is 7. The second-order valence-electron chi connectivity index (χ2n) is 9.63. The van der Waals surface area contributed by atoms with E-state index in [1.165, 1.54) is 4.90 Å². The molecule has 0 aliphatic carbocycles. The van der Waals surface area contributed by atoms with Gasteiger partial charge < -0.3 is 9.80 Å². The molecule has 7 nitrogen and oxygen atoms in total. The van der Waals surface area contributed by atoms with Crippen LogP contribution in [0.4, 0.5) is 0 Å². The molecule has 3 heterocycles. The van der Waals surface area contributed by atoms with Gasteiger partial charge in [-0.1, -0.05) is 60.7 Å². The maximum atomic E-state index is 13.4. The van der Waals surface area contributed by atoms with Crippen LogP contribution in [-0.4, -0.2) is 70.5 Å². The molecule has 0 bridgehead atoms. The molecule has 5 rings (SSSR count). The third-order valence-electron chi connectivity index (χ3n) is 7.34. The van der Waals surface area contributed by atoms with Crippen LogP contribution < -0.4 is 0 Å². The lowest BCUT2D eigenvalue weighted by atomic mass is 9.96. The number of carbonyl (C=O) groups excluding carboxylic acids is 4. The summed E-state index contributed by atoms with van der Waals surface area (Å²) in [6.45, 7) is 2.30.